The molecule has 0 aliphatic carbocycles. The first-order chi connectivity index (χ1) is 14.7. The minimum Gasteiger partial charge on any atom is -0.360 e. The Morgan fingerprint density at radius 2 is 1.63 bits per heavy atom. The van der Waals surface area contributed by atoms with Crippen molar-refractivity contribution in [2.24, 2.45) is 0 Å². The van der Waals surface area contributed by atoms with Gasteiger partial charge >= 0.3 is 0 Å². The van der Waals surface area contributed by atoms with E-state index in [-0.39, 0.29) is 11.2 Å². The van der Waals surface area contributed by atoms with Gasteiger partial charge < -0.3 is 10.2 Å². The highest BCUT2D eigenvalue weighted by Crippen LogP contribution is 2.30. The molecule has 1 atom stereocenters. The molecule has 1 heterocycles. The van der Waals surface area contributed by atoms with Crippen LogP contribution in [0.25, 0.3) is 0 Å². The van der Waals surface area contributed by atoms with Gasteiger partial charge in [0, 0.05) is 19.6 Å². The van der Waals surface area contributed by atoms with Gasteiger partial charge in [0.25, 0.3) is 0 Å². The third-order valence-electron chi connectivity index (χ3n) is 4.58. The fraction of sp³-hybridized carbons (Fsp3) is 0.348. The van der Waals surface area contributed by atoms with Crippen LogP contribution in [0, 0.1) is 0 Å². The summed E-state index contributed by atoms with van der Waals surface area (Å²) in [5.41, 5.74) is 2.25. The van der Waals surface area contributed by atoms with Crippen LogP contribution in [-0.4, -0.2) is 32.8 Å². The maximum atomic E-state index is 13.3. The second-order valence-corrected chi connectivity index (χ2v) is 9.64. The lowest BCUT2D eigenvalue weighted by molar-refractivity contribution is -0.131. The fourth-order valence-electron chi connectivity index (χ4n) is 2.98. The number of benzene rings is 2. The van der Waals surface area contributed by atoms with Crippen LogP contribution in [0.15, 0.2) is 65.0 Å². The van der Waals surface area contributed by atoms with Gasteiger partial charge in [0.1, 0.15) is 0 Å². The number of nitrogens with one attached hydrogen (secondary N) is 1. The van der Waals surface area contributed by atoms with Crippen LogP contribution in [0.3, 0.4) is 0 Å². The SMILES string of the molecule is CCCCNc1nnc(SC(C)C(=O)N(Cc2ccccc2)Cc2ccccc2)s1. The summed E-state index contributed by atoms with van der Waals surface area (Å²) >= 11 is 2.98. The molecule has 0 saturated heterocycles. The summed E-state index contributed by atoms with van der Waals surface area (Å²) in [6, 6.07) is 20.2. The Labute approximate surface area is 186 Å². The van der Waals surface area contributed by atoms with Crippen LogP contribution in [0.5, 0.6) is 0 Å². The van der Waals surface area contributed by atoms with Crippen molar-refractivity contribution in [1.29, 1.82) is 0 Å². The zero-order valence-corrected chi connectivity index (χ0v) is 19.1. The quantitative estimate of drug-likeness (QED) is 0.317. The predicted octanol–water partition coefficient (Wildman–Crippen LogP) is 5.46. The molecule has 0 fully saturated rings. The van der Waals surface area contributed by atoms with Gasteiger partial charge in [-0.05, 0) is 24.5 Å². The van der Waals surface area contributed by atoms with E-state index in [9.17, 15) is 4.79 Å². The van der Waals surface area contributed by atoms with Crippen molar-refractivity contribution in [2.45, 2.75) is 49.4 Å². The first-order valence-corrected chi connectivity index (χ1v) is 12.0. The van der Waals surface area contributed by atoms with E-state index in [4.69, 9.17) is 0 Å². The molecule has 3 rings (SSSR count). The van der Waals surface area contributed by atoms with Gasteiger partial charge in [-0.1, -0.05) is 97.1 Å². The van der Waals surface area contributed by atoms with Gasteiger partial charge in [0.15, 0.2) is 4.34 Å². The van der Waals surface area contributed by atoms with Crippen molar-refractivity contribution in [3.8, 4) is 0 Å². The molecule has 5 nitrogen and oxygen atoms in total. The summed E-state index contributed by atoms with van der Waals surface area (Å²) < 4.78 is 0.814. The number of anilines is 1. The molecular formula is C23H28N4OS2. The summed E-state index contributed by atoms with van der Waals surface area (Å²) in [6.07, 6.45) is 2.24. The molecule has 2 aromatic carbocycles. The molecule has 158 valence electrons. The number of rotatable bonds is 11. The first kappa shape index (κ1) is 22.3. The Morgan fingerprint density at radius 1 is 1.03 bits per heavy atom. The number of amides is 1. The van der Waals surface area contributed by atoms with Gasteiger partial charge in [-0.3, -0.25) is 4.79 Å². The number of hydrogen-bond acceptors (Lipinski definition) is 6. The summed E-state index contributed by atoms with van der Waals surface area (Å²) in [5.74, 6) is 0.100. The van der Waals surface area contributed by atoms with E-state index in [2.05, 4.69) is 46.7 Å². The molecule has 0 spiro atoms. The fourth-order valence-corrected chi connectivity index (χ4v) is 4.98. The van der Waals surface area contributed by atoms with Crippen LogP contribution in [0.2, 0.25) is 0 Å². The topological polar surface area (TPSA) is 58.1 Å². The maximum Gasteiger partial charge on any atom is 0.236 e. The van der Waals surface area contributed by atoms with Gasteiger partial charge in [0.05, 0.1) is 5.25 Å². The first-order valence-electron chi connectivity index (χ1n) is 10.3. The van der Waals surface area contributed by atoms with Crippen LogP contribution in [0.1, 0.15) is 37.8 Å². The van der Waals surface area contributed by atoms with Crippen molar-refractivity contribution in [2.75, 3.05) is 11.9 Å². The second-order valence-electron chi connectivity index (χ2n) is 7.08. The second kappa shape index (κ2) is 11.7. The predicted molar refractivity (Wildman–Crippen MR) is 126 cm³/mol. The third kappa shape index (κ3) is 6.85. The summed E-state index contributed by atoms with van der Waals surface area (Å²) in [7, 11) is 0. The highest BCUT2D eigenvalue weighted by atomic mass is 32.2. The molecule has 0 aliphatic rings. The van der Waals surface area contributed by atoms with E-state index in [0.29, 0.717) is 13.1 Å². The number of nitrogens with zero attached hydrogens (tertiary/aromatic N) is 3. The van der Waals surface area contributed by atoms with Gasteiger partial charge in [-0.2, -0.15) is 0 Å². The number of aromatic nitrogens is 2. The molecule has 0 aliphatic heterocycles. The Kier molecular flexibility index (Phi) is 8.71. The Bertz CT molecular complexity index is 860. The van der Waals surface area contributed by atoms with E-state index in [1.165, 1.54) is 23.1 Å². The Morgan fingerprint density at radius 3 is 2.20 bits per heavy atom. The highest BCUT2D eigenvalue weighted by molar-refractivity contribution is 8.02. The Hall–Kier alpha value is -2.38. The largest absolute Gasteiger partial charge is 0.360 e. The monoisotopic (exact) mass is 440 g/mol. The molecule has 3 aromatic rings. The zero-order chi connectivity index (χ0) is 21.2. The molecule has 0 saturated carbocycles. The van der Waals surface area contributed by atoms with E-state index < -0.39 is 0 Å². The van der Waals surface area contributed by atoms with E-state index in [1.807, 2.05) is 48.2 Å². The van der Waals surface area contributed by atoms with Crippen molar-refractivity contribution in [1.82, 2.24) is 15.1 Å². The average Bonchev–Trinajstić information content (AvgIpc) is 3.21. The zero-order valence-electron chi connectivity index (χ0n) is 17.5. The van der Waals surface area contributed by atoms with Crippen LogP contribution < -0.4 is 5.32 Å². The molecule has 1 amide bonds. The lowest BCUT2D eigenvalue weighted by Crippen LogP contribution is -2.35. The van der Waals surface area contributed by atoms with Gasteiger partial charge in [0.2, 0.25) is 11.0 Å². The molecule has 1 N–H and O–H groups in total. The lowest BCUT2D eigenvalue weighted by atomic mass is 10.1. The van der Waals surface area contributed by atoms with Gasteiger partial charge in [-0.15, -0.1) is 10.2 Å². The molecule has 1 unspecified atom stereocenters. The molecule has 7 heteroatoms. The van der Waals surface area contributed by atoms with E-state index in [1.54, 1.807) is 0 Å². The van der Waals surface area contributed by atoms with Crippen LogP contribution >= 0.6 is 23.1 Å². The normalized spacial score (nSPS) is 11.8. The summed E-state index contributed by atoms with van der Waals surface area (Å²) in [5, 5.41) is 12.3. The Balaban J connectivity index is 1.66. The molecule has 30 heavy (non-hydrogen) atoms. The molecular weight excluding hydrogens is 412 g/mol. The third-order valence-corrected chi connectivity index (χ3v) is 6.64. The lowest BCUT2D eigenvalue weighted by Gasteiger charge is -2.25. The molecule has 0 radical (unpaired) electrons. The summed E-state index contributed by atoms with van der Waals surface area (Å²) in [6.45, 7) is 6.17. The maximum absolute atomic E-state index is 13.3. The van der Waals surface area contributed by atoms with Crippen molar-refractivity contribution >= 4 is 34.1 Å². The number of carbonyl (C=O) groups excluding carboxylic acids is 1. The molecule has 0 bridgehead atoms. The van der Waals surface area contributed by atoms with E-state index >= 15 is 0 Å². The number of carbonyl (C=O) groups is 1. The number of unbranched alkanes of at least 4 members (excludes halogenated alkanes) is 1. The minimum atomic E-state index is -0.242. The van der Waals surface area contributed by atoms with Crippen molar-refractivity contribution in [3.63, 3.8) is 0 Å². The molecule has 1 aromatic heterocycles. The standard InChI is InChI=1S/C23H28N4OS2/c1-3-4-15-24-22-25-26-23(30-22)29-18(2)21(28)27(16-19-11-7-5-8-12-19)17-20-13-9-6-10-14-20/h5-14,18H,3-4,15-17H2,1-2H3,(H,24,25). The van der Waals surface area contributed by atoms with Crippen molar-refractivity contribution < 1.29 is 4.79 Å². The van der Waals surface area contributed by atoms with Crippen LogP contribution in [0.4, 0.5) is 5.13 Å². The van der Waals surface area contributed by atoms with Crippen LogP contribution in [-0.2, 0) is 17.9 Å². The van der Waals surface area contributed by atoms with Gasteiger partial charge in [-0.25, -0.2) is 0 Å². The minimum absolute atomic E-state index is 0.100. The number of thioether (sulfide) groups is 1. The summed E-state index contributed by atoms with van der Waals surface area (Å²) in [4.78, 5) is 15.2. The van der Waals surface area contributed by atoms with E-state index in [0.717, 1.165) is 40.0 Å². The highest BCUT2D eigenvalue weighted by Gasteiger charge is 2.23. The number of hydrogen-bond donors (Lipinski definition) is 1. The smallest absolute Gasteiger partial charge is 0.236 e. The average molecular weight is 441 g/mol. The van der Waals surface area contributed by atoms with Crippen molar-refractivity contribution in [3.05, 3.63) is 71.8 Å².